The number of anilines is 1. The number of rotatable bonds is 3. The molecule has 4 heteroatoms. The topological polar surface area (TPSA) is 46.6 Å². The maximum Gasteiger partial charge on any atom is 0.237 e. The Kier molecular flexibility index (Phi) is 3.81. The second-order valence-electron chi connectivity index (χ2n) is 6.39. The minimum atomic E-state index is -0.156. The van der Waals surface area contributed by atoms with E-state index in [4.69, 9.17) is 4.74 Å². The molecule has 2 atom stereocenters. The highest BCUT2D eigenvalue weighted by atomic mass is 16.5. The van der Waals surface area contributed by atoms with Crippen molar-refractivity contribution in [2.75, 3.05) is 4.90 Å². The van der Waals surface area contributed by atoms with Gasteiger partial charge in [0.05, 0.1) is 17.5 Å². The Balaban J connectivity index is 1.69. The predicted octanol–water partition coefficient (Wildman–Crippen LogP) is 4.16. The number of hydrogen-bond donors (Lipinski definition) is 0. The summed E-state index contributed by atoms with van der Waals surface area (Å²) in [6.07, 6.45) is 3.67. The standard InChI is InChI=1S/C20H19NO3/c22-19-15-10-4-5-11-16(15)20(23)21(19)17-12-6-7-13-18(17)24-14-8-2-1-3-9-14/h1-3,6-9,12-13,15-16H,4-5,10-11H2/t15-,16-/m1/s1. The average Bonchev–Trinajstić information content (AvgIpc) is 2.88. The summed E-state index contributed by atoms with van der Waals surface area (Å²) in [7, 11) is 0. The Labute approximate surface area is 141 Å². The minimum Gasteiger partial charge on any atom is -0.455 e. The van der Waals surface area contributed by atoms with Gasteiger partial charge in [-0.25, -0.2) is 4.90 Å². The van der Waals surface area contributed by atoms with Crippen LogP contribution < -0.4 is 9.64 Å². The van der Waals surface area contributed by atoms with Crippen LogP contribution in [0.25, 0.3) is 0 Å². The number of carbonyl (C=O) groups excluding carboxylic acids is 2. The van der Waals surface area contributed by atoms with E-state index in [1.54, 1.807) is 12.1 Å². The zero-order valence-electron chi connectivity index (χ0n) is 13.4. The molecule has 24 heavy (non-hydrogen) atoms. The summed E-state index contributed by atoms with van der Waals surface area (Å²) in [5.74, 6) is 0.750. The third-order valence-electron chi connectivity index (χ3n) is 4.92. The van der Waals surface area contributed by atoms with E-state index in [2.05, 4.69) is 0 Å². The molecule has 0 aromatic heterocycles. The molecule has 4 rings (SSSR count). The van der Waals surface area contributed by atoms with Crippen LogP contribution in [0.4, 0.5) is 5.69 Å². The number of imide groups is 1. The normalized spacial score (nSPS) is 23.2. The summed E-state index contributed by atoms with van der Waals surface area (Å²) in [5, 5.41) is 0. The summed E-state index contributed by atoms with van der Waals surface area (Å²) in [5.41, 5.74) is 0.547. The van der Waals surface area contributed by atoms with Crippen molar-refractivity contribution in [3.05, 3.63) is 54.6 Å². The lowest BCUT2D eigenvalue weighted by Crippen LogP contribution is -2.31. The Hall–Kier alpha value is -2.62. The number of hydrogen-bond acceptors (Lipinski definition) is 3. The van der Waals surface area contributed by atoms with Crippen molar-refractivity contribution in [1.29, 1.82) is 0 Å². The Bertz CT molecular complexity index is 747. The van der Waals surface area contributed by atoms with Crippen LogP contribution in [-0.4, -0.2) is 11.8 Å². The first-order chi connectivity index (χ1) is 11.8. The third-order valence-corrected chi connectivity index (χ3v) is 4.92. The van der Waals surface area contributed by atoms with Crippen molar-refractivity contribution in [3.63, 3.8) is 0 Å². The van der Waals surface area contributed by atoms with Crippen LogP contribution in [0.15, 0.2) is 54.6 Å². The molecule has 2 aliphatic rings. The van der Waals surface area contributed by atoms with Crippen LogP contribution in [0.2, 0.25) is 0 Å². The molecular formula is C20H19NO3. The molecule has 0 radical (unpaired) electrons. The van der Waals surface area contributed by atoms with E-state index < -0.39 is 0 Å². The SMILES string of the molecule is O=C1[C@@H]2CCCC[C@H]2C(=O)N1c1ccccc1Oc1ccccc1. The quantitative estimate of drug-likeness (QED) is 0.798. The number of para-hydroxylation sites is 3. The fourth-order valence-corrected chi connectivity index (χ4v) is 3.74. The summed E-state index contributed by atoms with van der Waals surface area (Å²) in [6, 6.07) is 16.6. The third kappa shape index (κ3) is 2.48. The highest BCUT2D eigenvalue weighted by molar-refractivity contribution is 6.22. The molecule has 1 heterocycles. The van der Waals surface area contributed by atoms with Crippen molar-refractivity contribution < 1.29 is 14.3 Å². The largest absolute Gasteiger partial charge is 0.455 e. The molecule has 0 unspecified atom stereocenters. The Morgan fingerprint density at radius 3 is 2.04 bits per heavy atom. The van der Waals surface area contributed by atoms with Gasteiger partial charge in [-0.2, -0.15) is 0 Å². The molecule has 1 saturated heterocycles. The fraction of sp³-hybridized carbons (Fsp3) is 0.300. The van der Waals surface area contributed by atoms with Gasteiger partial charge in [-0.15, -0.1) is 0 Å². The number of fused-ring (bicyclic) bond motifs is 1. The maximum absolute atomic E-state index is 12.8. The first-order valence-corrected chi connectivity index (χ1v) is 8.45. The molecular weight excluding hydrogens is 302 g/mol. The molecule has 2 amide bonds. The van der Waals surface area contributed by atoms with Crippen molar-refractivity contribution in [3.8, 4) is 11.5 Å². The summed E-state index contributed by atoms with van der Waals surface area (Å²) in [4.78, 5) is 27.0. The lowest BCUT2D eigenvalue weighted by Gasteiger charge is -2.19. The molecule has 2 fully saturated rings. The number of ether oxygens (including phenoxy) is 1. The first-order valence-electron chi connectivity index (χ1n) is 8.45. The van der Waals surface area contributed by atoms with E-state index in [-0.39, 0.29) is 23.7 Å². The summed E-state index contributed by atoms with van der Waals surface area (Å²) in [6.45, 7) is 0. The Morgan fingerprint density at radius 1 is 0.792 bits per heavy atom. The lowest BCUT2D eigenvalue weighted by atomic mass is 9.81. The molecule has 1 saturated carbocycles. The average molecular weight is 321 g/mol. The van der Waals surface area contributed by atoms with Crippen molar-refractivity contribution in [1.82, 2.24) is 0 Å². The number of carbonyl (C=O) groups is 2. The van der Waals surface area contributed by atoms with Crippen LogP contribution in [-0.2, 0) is 9.59 Å². The molecule has 1 aliphatic carbocycles. The van der Waals surface area contributed by atoms with Gasteiger partial charge >= 0.3 is 0 Å². The second kappa shape index (κ2) is 6.11. The number of nitrogens with zero attached hydrogens (tertiary/aromatic N) is 1. The highest BCUT2D eigenvalue weighted by Gasteiger charge is 2.49. The zero-order valence-corrected chi connectivity index (χ0v) is 13.4. The smallest absolute Gasteiger partial charge is 0.237 e. The molecule has 0 bridgehead atoms. The molecule has 0 spiro atoms. The van der Waals surface area contributed by atoms with E-state index in [9.17, 15) is 9.59 Å². The van der Waals surface area contributed by atoms with Crippen molar-refractivity contribution >= 4 is 17.5 Å². The maximum atomic E-state index is 12.8. The van der Waals surface area contributed by atoms with Crippen LogP contribution in [0.1, 0.15) is 25.7 Å². The van der Waals surface area contributed by atoms with E-state index in [0.717, 1.165) is 25.7 Å². The molecule has 0 N–H and O–H groups in total. The predicted molar refractivity (Wildman–Crippen MR) is 90.9 cm³/mol. The second-order valence-corrected chi connectivity index (χ2v) is 6.39. The summed E-state index contributed by atoms with van der Waals surface area (Å²) < 4.78 is 5.93. The molecule has 2 aromatic carbocycles. The van der Waals surface area contributed by atoms with Gasteiger partial charge in [-0.05, 0) is 37.1 Å². The zero-order chi connectivity index (χ0) is 16.5. The van der Waals surface area contributed by atoms with Crippen molar-refractivity contribution in [2.45, 2.75) is 25.7 Å². The van der Waals surface area contributed by atoms with Crippen LogP contribution in [0, 0.1) is 11.8 Å². The molecule has 122 valence electrons. The minimum absolute atomic E-state index is 0.0752. The van der Waals surface area contributed by atoms with Gasteiger partial charge in [0, 0.05) is 0 Å². The Morgan fingerprint density at radius 2 is 1.38 bits per heavy atom. The number of benzene rings is 2. The van der Waals surface area contributed by atoms with Gasteiger partial charge < -0.3 is 4.74 Å². The van der Waals surface area contributed by atoms with Gasteiger partial charge in [0.15, 0.2) is 5.75 Å². The van der Waals surface area contributed by atoms with Gasteiger partial charge in [0.25, 0.3) is 0 Å². The van der Waals surface area contributed by atoms with Gasteiger partial charge in [-0.3, -0.25) is 9.59 Å². The highest BCUT2D eigenvalue weighted by Crippen LogP contribution is 2.43. The first kappa shape index (κ1) is 14.9. The van der Waals surface area contributed by atoms with E-state index >= 15 is 0 Å². The van der Waals surface area contributed by atoms with Crippen LogP contribution >= 0.6 is 0 Å². The monoisotopic (exact) mass is 321 g/mol. The van der Waals surface area contributed by atoms with Gasteiger partial charge in [0.2, 0.25) is 11.8 Å². The number of amides is 2. The van der Waals surface area contributed by atoms with E-state index in [0.29, 0.717) is 17.2 Å². The van der Waals surface area contributed by atoms with E-state index in [1.807, 2.05) is 42.5 Å². The summed E-state index contributed by atoms with van der Waals surface area (Å²) >= 11 is 0. The van der Waals surface area contributed by atoms with Crippen LogP contribution in [0.3, 0.4) is 0 Å². The lowest BCUT2D eigenvalue weighted by molar-refractivity contribution is -0.122. The fourth-order valence-electron chi connectivity index (χ4n) is 3.74. The van der Waals surface area contributed by atoms with Crippen LogP contribution in [0.5, 0.6) is 11.5 Å². The molecule has 4 nitrogen and oxygen atoms in total. The molecule has 1 aliphatic heterocycles. The molecule has 2 aromatic rings. The van der Waals surface area contributed by atoms with E-state index in [1.165, 1.54) is 4.90 Å². The van der Waals surface area contributed by atoms with Gasteiger partial charge in [-0.1, -0.05) is 43.2 Å². The van der Waals surface area contributed by atoms with Crippen molar-refractivity contribution in [2.24, 2.45) is 11.8 Å². The van der Waals surface area contributed by atoms with Gasteiger partial charge in [0.1, 0.15) is 5.75 Å².